The molecular weight excluding hydrogens is 210 g/mol. The minimum atomic E-state index is -1.23. The van der Waals surface area contributed by atoms with Gasteiger partial charge in [0.2, 0.25) is 0 Å². The summed E-state index contributed by atoms with van der Waals surface area (Å²) in [5, 5.41) is 2.09. The number of hydrogen-bond acceptors (Lipinski definition) is 4. The van der Waals surface area contributed by atoms with Crippen molar-refractivity contribution < 1.29 is 14.3 Å². The smallest absolute Gasteiger partial charge is 0.409 e. The Morgan fingerprint density at radius 2 is 1.94 bits per heavy atom. The normalized spacial score (nSPS) is 11.6. The van der Waals surface area contributed by atoms with Crippen molar-refractivity contribution in [2.45, 2.75) is 12.8 Å². The lowest BCUT2D eigenvalue weighted by Crippen LogP contribution is -2.50. The molecule has 86 valence electrons. The number of carbonyl (C=O) groups excluding carboxylic acids is 2. The summed E-state index contributed by atoms with van der Waals surface area (Å²) in [6.07, 6.45) is -2.02. The van der Waals surface area contributed by atoms with E-state index in [9.17, 15) is 9.59 Å². The lowest BCUT2D eigenvalue weighted by atomic mass is 10.2. The molecule has 0 aromatic heterocycles. The van der Waals surface area contributed by atoms with Crippen LogP contribution in [0.2, 0.25) is 0 Å². The van der Waals surface area contributed by atoms with Crippen LogP contribution in [0.3, 0.4) is 0 Å². The van der Waals surface area contributed by atoms with Crippen molar-refractivity contribution in [2.75, 3.05) is 0 Å². The number of nitrogens with one attached hydrogen (secondary N) is 1. The van der Waals surface area contributed by atoms with E-state index in [2.05, 4.69) is 5.32 Å². The van der Waals surface area contributed by atoms with Crippen LogP contribution in [-0.4, -0.2) is 18.2 Å². The number of primary amides is 1. The van der Waals surface area contributed by atoms with E-state index in [1.165, 1.54) is 0 Å². The van der Waals surface area contributed by atoms with Crippen molar-refractivity contribution in [2.24, 2.45) is 11.5 Å². The topological polar surface area (TPSA) is 107 Å². The zero-order valence-corrected chi connectivity index (χ0v) is 8.55. The molecule has 6 heteroatoms. The summed E-state index contributed by atoms with van der Waals surface area (Å²) in [5.74, 6) is -0.823. The minimum absolute atomic E-state index is 0.109. The van der Waals surface area contributed by atoms with Crippen molar-refractivity contribution in [3.05, 3.63) is 35.9 Å². The first-order valence-corrected chi connectivity index (χ1v) is 4.61. The summed E-state index contributed by atoms with van der Waals surface area (Å²) in [5.41, 5.74) is 10.9. The number of ether oxygens (including phenoxy) is 1. The first-order chi connectivity index (χ1) is 7.59. The Balaban J connectivity index is 2.33. The van der Waals surface area contributed by atoms with Crippen LogP contribution < -0.4 is 16.8 Å². The maximum Gasteiger partial charge on any atom is 0.409 e. The summed E-state index contributed by atoms with van der Waals surface area (Å²) in [4.78, 5) is 21.6. The van der Waals surface area contributed by atoms with Gasteiger partial charge in [0.15, 0.2) is 6.17 Å². The Kier molecular flexibility index (Phi) is 4.28. The van der Waals surface area contributed by atoms with Gasteiger partial charge in [-0.25, -0.2) is 4.79 Å². The van der Waals surface area contributed by atoms with Gasteiger partial charge in [-0.05, 0) is 5.56 Å². The molecular formula is C10H13N3O3. The molecule has 0 saturated heterocycles. The summed E-state index contributed by atoms with van der Waals surface area (Å²) in [6, 6.07) is 9.12. The second-order valence-corrected chi connectivity index (χ2v) is 3.09. The van der Waals surface area contributed by atoms with Crippen LogP contribution in [0.25, 0.3) is 0 Å². The van der Waals surface area contributed by atoms with Crippen LogP contribution in [0.1, 0.15) is 5.56 Å². The molecule has 0 bridgehead atoms. The monoisotopic (exact) mass is 223 g/mol. The van der Waals surface area contributed by atoms with Crippen LogP contribution in [0, 0.1) is 0 Å². The third-order valence-corrected chi connectivity index (χ3v) is 1.79. The van der Waals surface area contributed by atoms with Gasteiger partial charge in [-0.1, -0.05) is 30.3 Å². The van der Waals surface area contributed by atoms with Crippen LogP contribution in [0.5, 0.6) is 0 Å². The molecule has 0 aliphatic rings. The maximum absolute atomic E-state index is 11.1. The van der Waals surface area contributed by atoms with E-state index in [0.717, 1.165) is 5.56 Å². The molecule has 0 aliphatic heterocycles. The predicted molar refractivity (Wildman–Crippen MR) is 56.9 cm³/mol. The average Bonchev–Trinajstić information content (AvgIpc) is 2.27. The van der Waals surface area contributed by atoms with E-state index in [-0.39, 0.29) is 6.61 Å². The molecule has 0 spiro atoms. The van der Waals surface area contributed by atoms with Gasteiger partial charge >= 0.3 is 6.09 Å². The molecule has 1 unspecified atom stereocenters. The standard InChI is InChI=1S/C10H13N3O3/c11-8(9(12)14)13-10(15)16-6-7-4-2-1-3-5-7/h1-5,8H,6,11H2,(H2,12,14)(H,13,15). The SMILES string of the molecule is NC(=O)C(N)NC(=O)OCc1ccccc1. The van der Waals surface area contributed by atoms with Gasteiger partial charge in [0.25, 0.3) is 5.91 Å². The van der Waals surface area contributed by atoms with E-state index in [4.69, 9.17) is 16.2 Å². The third-order valence-electron chi connectivity index (χ3n) is 1.79. The minimum Gasteiger partial charge on any atom is -0.445 e. The summed E-state index contributed by atoms with van der Waals surface area (Å²) in [6.45, 7) is 0.109. The second kappa shape index (κ2) is 5.72. The fourth-order valence-electron chi connectivity index (χ4n) is 0.963. The molecule has 0 saturated carbocycles. The van der Waals surface area contributed by atoms with Gasteiger partial charge in [0, 0.05) is 0 Å². The predicted octanol–water partition coefficient (Wildman–Crippen LogP) is -0.317. The average molecular weight is 223 g/mol. The summed E-state index contributed by atoms with van der Waals surface area (Å²) < 4.78 is 4.81. The van der Waals surface area contributed by atoms with Crippen LogP contribution in [-0.2, 0) is 16.1 Å². The van der Waals surface area contributed by atoms with Crippen LogP contribution in [0.4, 0.5) is 4.79 Å². The van der Waals surface area contributed by atoms with E-state index in [1.54, 1.807) is 12.1 Å². The van der Waals surface area contributed by atoms with Gasteiger partial charge < -0.3 is 16.2 Å². The first kappa shape index (κ1) is 12.0. The Hall–Kier alpha value is -2.08. The number of carbonyl (C=O) groups is 2. The highest BCUT2D eigenvalue weighted by Crippen LogP contribution is 2.00. The molecule has 1 aromatic rings. The number of alkyl carbamates (subject to hydrolysis) is 1. The number of hydrogen-bond donors (Lipinski definition) is 3. The zero-order valence-electron chi connectivity index (χ0n) is 8.55. The van der Waals surface area contributed by atoms with E-state index in [1.807, 2.05) is 18.2 Å². The van der Waals surface area contributed by atoms with E-state index >= 15 is 0 Å². The highest BCUT2D eigenvalue weighted by molar-refractivity contribution is 5.83. The highest BCUT2D eigenvalue weighted by atomic mass is 16.5. The molecule has 2 amide bonds. The lowest BCUT2D eigenvalue weighted by molar-refractivity contribution is -0.119. The molecule has 5 N–H and O–H groups in total. The van der Waals surface area contributed by atoms with E-state index in [0.29, 0.717) is 0 Å². The molecule has 1 aromatic carbocycles. The zero-order chi connectivity index (χ0) is 12.0. The molecule has 0 radical (unpaired) electrons. The third kappa shape index (κ3) is 3.97. The Morgan fingerprint density at radius 1 is 1.31 bits per heavy atom. The van der Waals surface area contributed by atoms with Crippen LogP contribution >= 0.6 is 0 Å². The van der Waals surface area contributed by atoms with Gasteiger partial charge in [-0.2, -0.15) is 0 Å². The first-order valence-electron chi connectivity index (χ1n) is 4.61. The lowest BCUT2D eigenvalue weighted by Gasteiger charge is -2.10. The molecule has 6 nitrogen and oxygen atoms in total. The molecule has 16 heavy (non-hydrogen) atoms. The summed E-state index contributed by atoms with van der Waals surface area (Å²) >= 11 is 0. The number of amides is 2. The summed E-state index contributed by atoms with van der Waals surface area (Å²) in [7, 11) is 0. The Labute approximate surface area is 92.6 Å². The number of nitrogens with two attached hydrogens (primary N) is 2. The Bertz CT molecular complexity index is 367. The maximum atomic E-state index is 11.1. The van der Waals surface area contributed by atoms with Gasteiger partial charge in [0.05, 0.1) is 0 Å². The van der Waals surface area contributed by atoms with Crippen LogP contribution in [0.15, 0.2) is 30.3 Å². The van der Waals surface area contributed by atoms with Crippen molar-refractivity contribution in [1.29, 1.82) is 0 Å². The van der Waals surface area contributed by atoms with Crippen molar-refractivity contribution >= 4 is 12.0 Å². The van der Waals surface area contributed by atoms with Gasteiger partial charge in [-0.15, -0.1) is 0 Å². The largest absolute Gasteiger partial charge is 0.445 e. The molecule has 1 atom stereocenters. The van der Waals surface area contributed by atoms with Gasteiger partial charge in [0.1, 0.15) is 6.61 Å². The number of rotatable bonds is 4. The number of benzene rings is 1. The fourth-order valence-corrected chi connectivity index (χ4v) is 0.963. The fraction of sp³-hybridized carbons (Fsp3) is 0.200. The quantitative estimate of drug-likeness (QED) is 0.608. The second-order valence-electron chi connectivity index (χ2n) is 3.09. The molecule has 0 heterocycles. The Morgan fingerprint density at radius 3 is 2.50 bits per heavy atom. The molecule has 0 aliphatic carbocycles. The van der Waals surface area contributed by atoms with Crippen molar-refractivity contribution in [1.82, 2.24) is 5.32 Å². The van der Waals surface area contributed by atoms with Crippen molar-refractivity contribution in [3.63, 3.8) is 0 Å². The van der Waals surface area contributed by atoms with E-state index < -0.39 is 18.2 Å². The molecule has 0 fully saturated rings. The highest BCUT2D eigenvalue weighted by Gasteiger charge is 2.12. The van der Waals surface area contributed by atoms with Gasteiger partial charge in [-0.3, -0.25) is 10.1 Å². The van der Waals surface area contributed by atoms with Crippen molar-refractivity contribution in [3.8, 4) is 0 Å². The molecule has 1 rings (SSSR count).